The summed E-state index contributed by atoms with van der Waals surface area (Å²) in [7, 11) is 0. The first-order valence-corrected chi connectivity index (χ1v) is 12.6. The highest BCUT2D eigenvalue weighted by Gasteiger charge is 2.29. The van der Waals surface area contributed by atoms with Crippen LogP contribution < -0.4 is 5.32 Å². The maximum Gasteiger partial charge on any atom is 0.329 e. The highest BCUT2D eigenvalue weighted by atomic mass is 16.6. The second kappa shape index (κ2) is 13.7. The Morgan fingerprint density at radius 3 is 2.11 bits per heavy atom. The van der Waals surface area contributed by atoms with Crippen LogP contribution in [-0.2, 0) is 25.5 Å². The Morgan fingerprint density at radius 1 is 0.944 bits per heavy atom. The van der Waals surface area contributed by atoms with Crippen molar-refractivity contribution < 1.29 is 23.9 Å². The lowest BCUT2D eigenvalue weighted by molar-refractivity contribution is -0.157. The van der Waals surface area contributed by atoms with E-state index in [1.54, 1.807) is 32.6 Å². The molecule has 196 valence electrons. The molecule has 0 fully saturated rings. The second-order valence-corrected chi connectivity index (χ2v) is 10.2. The van der Waals surface area contributed by atoms with Crippen LogP contribution in [0.4, 0.5) is 4.79 Å². The molecule has 0 aliphatic heterocycles. The van der Waals surface area contributed by atoms with Crippen molar-refractivity contribution >= 4 is 18.0 Å². The van der Waals surface area contributed by atoms with Crippen LogP contribution in [-0.4, -0.2) is 54.2 Å². The van der Waals surface area contributed by atoms with Gasteiger partial charge in [0.15, 0.2) is 0 Å². The number of carbonyl (C=O) groups excluding carboxylic acids is 3. The van der Waals surface area contributed by atoms with Gasteiger partial charge in [0.2, 0.25) is 0 Å². The van der Waals surface area contributed by atoms with E-state index >= 15 is 0 Å². The fourth-order valence-electron chi connectivity index (χ4n) is 3.68. The molecule has 0 saturated carbocycles. The standard InChI is InChI=1S/C29H40N2O5/c1-7-35-26(32)17-18-31(20-21(2)3)28(34)30-25(27(33)36-29(4,5)6)19-22-13-15-24(16-14-22)23-11-9-8-10-12-23/h8-16,21,25H,7,17-20H2,1-6H3,(H,30,34)/t25-/m0/s1. The number of nitrogens with one attached hydrogen (secondary N) is 1. The largest absolute Gasteiger partial charge is 0.466 e. The van der Waals surface area contributed by atoms with Crippen LogP contribution in [0.3, 0.4) is 0 Å². The van der Waals surface area contributed by atoms with E-state index < -0.39 is 23.6 Å². The van der Waals surface area contributed by atoms with Crippen molar-refractivity contribution in [2.45, 2.75) is 66.0 Å². The molecular weight excluding hydrogens is 456 g/mol. The minimum atomic E-state index is -0.878. The molecule has 0 heterocycles. The molecule has 7 nitrogen and oxygen atoms in total. The zero-order valence-corrected chi connectivity index (χ0v) is 22.4. The third-order valence-corrected chi connectivity index (χ3v) is 5.25. The lowest BCUT2D eigenvalue weighted by Gasteiger charge is -2.29. The van der Waals surface area contributed by atoms with Crippen LogP contribution in [0.15, 0.2) is 54.6 Å². The number of hydrogen-bond donors (Lipinski definition) is 1. The van der Waals surface area contributed by atoms with E-state index in [9.17, 15) is 14.4 Å². The van der Waals surface area contributed by atoms with E-state index in [2.05, 4.69) is 5.32 Å². The van der Waals surface area contributed by atoms with Crippen molar-refractivity contribution in [1.82, 2.24) is 10.2 Å². The predicted octanol–water partition coefficient (Wildman–Crippen LogP) is 5.23. The molecule has 0 radical (unpaired) electrons. The van der Waals surface area contributed by atoms with Crippen molar-refractivity contribution in [3.05, 3.63) is 60.2 Å². The Hall–Kier alpha value is -3.35. The Balaban J connectivity index is 2.19. The summed E-state index contributed by atoms with van der Waals surface area (Å²) in [6.07, 6.45) is 0.370. The summed E-state index contributed by atoms with van der Waals surface area (Å²) in [6, 6.07) is 16.7. The number of benzene rings is 2. The molecule has 0 aliphatic carbocycles. The van der Waals surface area contributed by atoms with Gasteiger partial charge in [-0.3, -0.25) is 4.79 Å². The lowest BCUT2D eigenvalue weighted by atomic mass is 10.0. The molecule has 0 saturated heterocycles. The highest BCUT2D eigenvalue weighted by molar-refractivity contribution is 5.84. The third-order valence-electron chi connectivity index (χ3n) is 5.25. The van der Waals surface area contributed by atoms with Crippen molar-refractivity contribution in [3.63, 3.8) is 0 Å². The number of ether oxygens (including phenoxy) is 2. The molecule has 0 spiro atoms. The first-order chi connectivity index (χ1) is 17.0. The lowest BCUT2D eigenvalue weighted by Crippen LogP contribution is -2.51. The van der Waals surface area contributed by atoms with E-state index in [4.69, 9.17) is 9.47 Å². The third kappa shape index (κ3) is 10.1. The maximum absolute atomic E-state index is 13.2. The molecule has 0 aromatic heterocycles. The first kappa shape index (κ1) is 28.9. The van der Waals surface area contributed by atoms with Gasteiger partial charge in [0.1, 0.15) is 11.6 Å². The Labute approximate surface area is 215 Å². The second-order valence-electron chi connectivity index (χ2n) is 10.2. The predicted molar refractivity (Wildman–Crippen MR) is 141 cm³/mol. The molecule has 0 aliphatic rings. The first-order valence-electron chi connectivity index (χ1n) is 12.6. The van der Waals surface area contributed by atoms with Crippen LogP contribution in [0.5, 0.6) is 0 Å². The summed E-state index contributed by atoms with van der Waals surface area (Å²) in [5.41, 5.74) is 2.37. The van der Waals surface area contributed by atoms with Gasteiger partial charge in [-0.05, 0) is 50.3 Å². The minimum Gasteiger partial charge on any atom is -0.466 e. The zero-order valence-electron chi connectivity index (χ0n) is 22.4. The van der Waals surface area contributed by atoms with E-state index in [-0.39, 0.29) is 31.3 Å². The van der Waals surface area contributed by atoms with Gasteiger partial charge in [-0.1, -0.05) is 68.4 Å². The normalized spacial score (nSPS) is 12.1. The van der Waals surface area contributed by atoms with Crippen molar-refractivity contribution in [2.75, 3.05) is 19.7 Å². The minimum absolute atomic E-state index is 0.0893. The molecule has 7 heteroatoms. The number of rotatable bonds is 11. The van der Waals surface area contributed by atoms with Crippen LogP contribution in [0.25, 0.3) is 11.1 Å². The molecule has 2 amide bonds. The molecule has 2 aromatic rings. The number of carbonyl (C=O) groups is 3. The van der Waals surface area contributed by atoms with Gasteiger partial charge in [-0.15, -0.1) is 0 Å². The number of urea groups is 1. The number of hydrogen-bond acceptors (Lipinski definition) is 5. The van der Waals surface area contributed by atoms with Gasteiger partial charge in [0.25, 0.3) is 0 Å². The van der Waals surface area contributed by atoms with Crippen LogP contribution >= 0.6 is 0 Å². The smallest absolute Gasteiger partial charge is 0.329 e. The number of amides is 2. The van der Waals surface area contributed by atoms with Crippen molar-refractivity contribution in [2.24, 2.45) is 5.92 Å². The average molecular weight is 497 g/mol. The summed E-state index contributed by atoms with van der Waals surface area (Å²) in [6.45, 7) is 12.0. The van der Waals surface area contributed by atoms with E-state index in [1.807, 2.05) is 68.4 Å². The fourth-order valence-corrected chi connectivity index (χ4v) is 3.68. The van der Waals surface area contributed by atoms with Crippen molar-refractivity contribution in [1.29, 1.82) is 0 Å². The maximum atomic E-state index is 13.2. The van der Waals surface area contributed by atoms with E-state index in [1.165, 1.54) is 0 Å². The summed E-state index contributed by atoms with van der Waals surface area (Å²) >= 11 is 0. The molecule has 2 aromatic carbocycles. The molecule has 36 heavy (non-hydrogen) atoms. The van der Waals surface area contributed by atoms with Crippen molar-refractivity contribution in [3.8, 4) is 11.1 Å². The van der Waals surface area contributed by atoms with Crippen LogP contribution in [0.2, 0.25) is 0 Å². The molecule has 0 unspecified atom stereocenters. The summed E-state index contributed by atoms with van der Waals surface area (Å²) in [5, 5.41) is 2.86. The Morgan fingerprint density at radius 2 is 1.56 bits per heavy atom. The summed E-state index contributed by atoms with van der Waals surface area (Å²) in [4.78, 5) is 39.7. The molecule has 0 bridgehead atoms. The van der Waals surface area contributed by atoms with Gasteiger partial charge in [0, 0.05) is 19.5 Å². The van der Waals surface area contributed by atoms with Crippen LogP contribution in [0.1, 0.15) is 53.5 Å². The van der Waals surface area contributed by atoms with Gasteiger partial charge < -0.3 is 19.7 Å². The zero-order chi connectivity index (χ0) is 26.7. The summed E-state index contributed by atoms with van der Waals surface area (Å²) in [5.74, 6) is -0.678. The number of esters is 2. The van der Waals surface area contributed by atoms with Gasteiger partial charge in [-0.2, -0.15) is 0 Å². The Bertz CT molecular complexity index is 981. The van der Waals surface area contributed by atoms with Gasteiger partial charge in [0.05, 0.1) is 13.0 Å². The topological polar surface area (TPSA) is 84.9 Å². The average Bonchev–Trinajstić information content (AvgIpc) is 2.81. The van der Waals surface area contributed by atoms with E-state index in [0.717, 1.165) is 16.7 Å². The molecular formula is C29H40N2O5. The quantitative estimate of drug-likeness (QED) is 0.431. The highest BCUT2D eigenvalue weighted by Crippen LogP contribution is 2.20. The van der Waals surface area contributed by atoms with E-state index in [0.29, 0.717) is 13.2 Å². The molecule has 1 atom stereocenters. The summed E-state index contributed by atoms with van der Waals surface area (Å²) < 4.78 is 10.6. The SMILES string of the molecule is CCOC(=O)CCN(CC(C)C)C(=O)N[C@@H](Cc1ccc(-c2ccccc2)cc1)C(=O)OC(C)(C)C. The van der Waals surface area contributed by atoms with Crippen LogP contribution in [0, 0.1) is 5.92 Å². The number of nitrogens with zero attached hydrogens (tertiary/aromatic N) is 1. The monoisotopic (exact) mass is 496 g/mol. The van der Waals surface area contributed by atoms with Gasteiger partial charge >= 0.3 is 18.0 Å². The van der Waals surface area contributed by atoms with Gasteiger partial charge in [-0.25, -0.2) is 9.59 Å². The fraction of sp³-hybridized carbons (Fsp3) is 0.483. The molecule has 2 rings (SSSR count). The Kier molecular flexibility index (Phi) is 11.0. The molecule has 1 N–H and O–H groups in total.